The maximum absolute atomic E-state index is 11.6. The summed E-state index contributed by atoms with van der Waals surface area (Å²) in [7, 11) is -2.01. The van der Waals surface area contributed by atoms with Gasteiger partial charge in [0.1, 0.15) is 0 Å². The highest BCUT2D eigenvalue weighted by Gasteiger charge is 2.17. The molecule has 0 bridgehead atoms. The van der Waals surface area contributed by atoms with Gasteiger partial charge in [0.2, 0.25) is 10.0 Å². The average Bonchev–Trinajstić information content (AvgIpc) is 2.59. The highest BCUT2D eigenvalue weighted by Crippen LogP contribution is 2.29. The molecule has 2 N–H and O–H groups in total. The van der Waals surface area contributed by atoms with Crippen molar-refractivity contribution in [1.82, 2.24) is 4.98 Å². The second kappa shape index (κ2) is 6.37. The lowest BCUT2D eigenvalue weighted by atomic mass is 10.0. The number of ether oxygens (including phenoxy) is 1. The Morgan fingerprint density at radius 3 is 2.72 bits per heavy atom. The predicted octanol–water partition coefficient (Wildman–Crippen LogP) is 1.97. The Labute approximate surface area is 145 Å². The standard InChI is InChI=1S/C17H14N4O3S/c1-24-17-16(21-25(2,22)23)8-13(10-20-17)11-3-4-15-14(7-11)12(9-18)5-6-19-15/h3-8,10,21H,1-2H3/p+1. The number of aromatic amines is 1. The number of methoxy groups -OCH3 is 1. The van der Waals surface area contributed by atoms with E-state index >= 15 is 0 Å². The molecule has 0 atom stereocenters. The number of nitrogens with one attached hydrogen (secondary N) is 2. The Morgan fingerprint density at radius 1 is 1.24 bits per heavy atom. The van der Waals surface area contributed by atoms with Gasteiger partial charge in [-0.15, -0.1) is 0 Å². The van der Waals surface area contributed by atoms with Gasteiger partial charge < -0.3 is 4.74 Å². The third kappa shape index (κ3) is 3.51. The minimum absolute atomic E-state index is 0.300. The monoisotopic (exact) mass is 355 g/mol. The van der Waals surface area contributed by atoms with Gasteiger partial charge in [0.15, 0.2) is 11.9 Å². The number of fused-ring (bicyclic) bond motifs is 1. The fraction of sp³-hybridized carbons (Fsp3) is 0.118. The second-order valence-corrected chi connectivity index (χ2v) is 7.16. The normalized spacial score (nSPS) is 11.1. The molecule has 0 spiro atoms. The van der Waals surface area contributed by atoms with E-state index in [1.54, 1.807) is 24.5 Å². The van der Waals surface area contributed by atoms with Gasteiger partial charge in [-0.2, -0.15) is 10.2 Å². The summed E-state index contributed by atoms with van der Waals surface area (Å²) in [5.74, 6) is 0.300. The van der Waals surface area contributed by atoms with Gasteiger partial charge in [0.05, 0.1) is 30.5 Å². The van der Waals surface area contributed by atoms with Crippen LogP contribution in [0.2, 0.25) is 0 Å². The van der Waals surface area contributed by atoms with E-state index in [1.807, 2.05) is 18.2 Å². The lowest BCUT2D eigenvalue weighted by Gasteiger charge is -2.08. The number of aromatic nitrogens is 2. The van der Waals surface area contributed by atoms with E-state index in [4.69, 9.17) is 4.74 Å². The van der Waals surface area contributed by atoms with Crippen LogP contribution in [0.25, 0.3) is 22.0 Å². The van der Waals surface area contributed by atoms with Crippen LogP contribution in [0.3, 0.4) is 0 Å². The summed E-state index contributed by atoms with van der Waals surface area (Å²) < 4.78 is 30.7. The maximum atomic E-state index is 11.6. The van der Waals surface area contributed by atoms with Crippen LogP contribution in [0.15, 0.2) is 42.7 Å². The molecule has 2 aromatic heterocycles. The first kappa shape index (κ1) is 16.7. The largest absolute Gasteiger partial charge is 0.446 e. The Morgan fingerprint density at radius 2 is 2.04 bits per heavy atom. The summed E-state index contributed by atoms with van der Waals surface area (Å²) in [6.45, 7) is 0. The summed E-state index contributed by atoms with van der Waals surface area (Å²) in [6.07, 6.45) is 4.37. The van der Waals surface area contributed by atoms with E-state index in [0.29, 0.717) is 17.1 Å². The van der Waals surface area contributed by atoms with Crippen LogP contribution >= 0.6 is 0 Å². The first-order valence-electron chi connectivity index (χ1n) is 7.28. The molecule has 0 aliphatic rings. The van der Waals surface area contributed by atoms with Crippen LogP contribution in [0.5, 0.6) is 5.88 Å². The van der Waals surface area contributed by atoms with Crippen LogP contribution in [-0.2, 0) is 10.0 Å². The van der Waals surface area contributed by atoms with Crippen molar-refractivity contribution in [2.45, 2.75) is 0 Å². The van der Waals surface area contributed by atoms with E-state index in [2.05, 4.69) is 20.8 Å². The second-order valence-electron chi connectivity index (χ2n) is 5.41. The number of nitrogens with zero attached hydrogens (tertiary/aromatic N) is 2. The summed E-state index contributed by atoms with van der Waals surface area (Å²) in [5, 5.41) is 9.99. The first-order valence-corrected chi connectivity index (χ1v) is 9.17. The van der Waals surface area contributed by atoms with Gasteiger partial charge in [-0.3, -0.25) is 9.71 Å². The van der Waals surface area contributed by atoms with E-state index < -0.39 is 10.0 Å². The molecule has 7 nitrogen and oxygen atoms in total. The van der Waals surface area contributed by atoms with Crippen molar-refractivity contribution in [3.05, 3.63) is 48.3 Å². The van der Waals surface area contributed by atoms with Crippen molar-refractivity contribution < 1.29 is 18.1 Å². The van der Waals surface area contributed by atoms with Crippen LogP contribution in [0, 0.1) is 11.3 Å². The number of H-pyrrole nitrogens is 1. The lowest BCUT2D eigenvalue weighted by Crippen LogP contribution is -2.16. The van der Waals surface area contributed by atoms with Crippen LogP contribution in [0.4, 0.5) is 5.69 Å². The molecule has 0 saturated carbocycles. The zero-order valence-corrected chi connectivity index (χ0v) is 14.4. The topological polar surface area (TPSA) is 106 Å². The molecule has 0 fully saturated rings. The van der Waals surface area contributed by atoms with E-state index in [9.17, 15) is 13.7 Å². The van der Waals surface area contributed by atoms with Crippen molar-refractivity contribution in [3.8, 4) is 23.1 Å². The summed E-state index contributed by atoms with van der Waals surface area (Å²) in [4.78, 5) is 7.17. The number of sulfonamides is 1. The third-order valence-electron chi connectivity index (χ3n) is 3.60. The molecule has 1 aromatic carbocycles. The van der Waals surface area contributed by atoms with Crippen molar-refractivity contribution in [2.75, 3.05) is 18.1 Å². The van der Waals surface area contributed by atoms with Crippen LogP contribution in [-0.4, -0.2) is 26.8 Å². The Hall–Kier alpha value is -3.18. The van der Waals surface area contributed by atoms with E-state index in [-0.39, 0.29) is 0 Å². The molecule has 3 aromatic rings. The zero-order chi connectivity index (χ0) is 18.0. The highest BCUT2D eigenvalue weighted by atomic mass is 32.2. The van der Waals surface area contributed by atoms with Gasteiger partial charge in [0.25, 0.3) is 0 Å². The molecule has 0 aliphatic carbocycles. The van der Waals surface area contributed by atoms with Crippen molar-refractivity contribution in [1.29, 1.82) is 5.26 Å². The molecule has 126 valence electrons. The van der Waals surface area contributed by atoms with Crippen LogP contribution < -0.4 is 14.4 Å². The molecule has 0 radical (unpaired) electrons. The summed E-state index contributed by atoms with van der Waals surface area (Å²) >= 11 is 0. The number of benzene rings is 1. The predicted molar refractivity (Wildman–Crippen MR) is 93.5 cm³/mol. The number of nitriles is 1. The van der Waals surface area contributed by atoms with E-state index in [0.717, 1.165) is 28.3 Å². The number of hydrogen-bond donors (Lipinski definition) is 1. The third-order valence-corrected chi connectivity index (χ3v) is 4.19. The summed E-state index contributed by atoms with van der Waals surface area (Å²) in [6, 6.07) is 11.0. The molecule has 8 heteroatoms. The number of pyridine rings is 2. The number of rotatable bonds is 4. The molecule has 2 heterocycles. The molecule has 3 rings (SSSR count). The lowest BCUT2D eigenvalue weighted by molar-refractivity contribution is -0.391. The van der Waals surface area contributed by atoms with Crippen LogP contribution in [0.1, 0.15) is 5.56 Å². The molecule has 0 unspecified atom stereocenters. The molecule has 0 aliphatic heterocycles. The fourth-order valence-electron chi connectivity index (χ4n) is 2.52. The Kier molecular flexibility index (Phi) is 4.25. The smallest absolute Gasteiger partial charge is 0.390 e. The quantitative estimate of drug-likeness (QED) is 0.770. The maximum Gasteiger partial charge on any atom is 0.390 e. The van der Waals surface area contributed by atoms with Gasteiger partial charge in [-0.25, -0.2) is 8.42 Å². The Balaban J connectivity index is 2.15. The Bertz CT molecular complexity index is 1100. The number of hydrogen-bond acceptors (Lipinski definition) is 5. The van der Waals surface area contributed by atoms with Crippen molar-refractivity contribution >= 4 is 26.6 Å². The SMILES string of the molecule is COc1[nH+]cc(-c2ccc3nccc(C#N)c3c2)cc1NS(C)(=O)=O. The van der Waals surface area contributed by atoms with E-state index in [1.165, 1.54) is 7.11 Å². The molecular formula is C17H15N4O3S+. The molecular weight excluding hydrogens is 340 g/mol. The van der Waals surface area contributed by atoms with Gasteiger partial charge in [-0.1, -0.05) is 6.07 Å². The fourth-order valence-corrected chi connectivity index (χ4v) is 3.07. The number of anilines is 1. The zero-order valence-electron chi connectivity index (χ0n) is 13.6. The van der Waals surface area contributed by atoms with Crippen molar-refractivity contribution in [3.63, 3.8) is 0 Å². The average molecular weight is 355 g/mol. The molecule has 25 heavy (non-hydrogen) atoms. The van der Waals surface area contributed by atoms with Gasteiger partial charge in [-0.05, 0) is 29.8 Å². The summed E-state index contributed by atoms with van der Waals surface area (Å²) in [5.41, 5.74) is 3.09. The molecule has 0 amide bonds. The minimum Gasteiger partial charge on any atom is -0.446 e. The van der Waals surface area contributed by atoms with Gasteiger partial charge in [0, 0.05) is 17.1 Å². The first-order chi connectivity index (χ1) is 11.9. The van der Waals surface area contributed by atoms with Gasteiger partial charge >= 0.3 is 5.88 Å². The molecule has 0 saturated heterocycles. The highest BCUT2D eigenvalue weighted by molar-refractivity contribution is 7.92. The van der Waals surface area contributed by atoms with Crippen molar-refractivity contribution in [2.24, 2.45) is 0 Å². The minimum atomic E-state index is -3.46.